The molecule has 0 fully saturated rings. The van der Waals surface area contributed by atoms with E-state index < -0.39 is 0 Å². The van der Waals surface area contributed by atoms with E-state index in [-0.39, 0.29) is 5.82 Å². The van der Waals surface area contributed by atoms with Crippen molar-refractivity contribution in [3.05, 3.63) is 54.5 Å². The summed E-state index contributed by atoms with van der Waals surface area (Å²) in [7, 11) is 1.78. The van der Waals surface area contributed by atoms with E-state index >= 15 is 0 Å². The Hall–Kier alpha value is -2.28. The van der Waals surface area contributed by atoms with Crippen molar-refractivity contribution in [1.82, 2.24) is 15.6 Å². The van der Waals surface area contributed by atoms with Crippen LogP contribution in [0, 0.1) is 5.82 Å². The van der Waals surface area contributed by atoms with Gasteiger partial charge in [0, 0.05) is 37.8 Å². The average molecular weight is 390 g/mol. The van der Waals surface area contributed by atoms with Gasteiger partial charge in [0.25, 0.3) is 0 Å². The van der Waals surface area contributed by atoms with E-state index in [0.29, 0.717) is 0 Å². The molecule has 27 heavy (non-hydrogen) atoms. The molecule has 0 aliphatic rings. The Morgan fingerprint density at radius 1 is 1.00 bits per heavy atom. The minimum absolute atomic E-state index is 0.191. The zero-order valence-corrected chi connectivity index (χ0v) is 16.6. The lowest BCUT2D eigenvalue weighted by Crippen LogP contribution is -2.38. The Bertz CT molecular complexity index is 664. The fourth-order valence-electron chi connectivity index (χ4n) is 2.36. The minimum atomic E-state index is -0.191. The van der Waals surface area contributed by atoms with Crippen LogP contribution in [0.4, 0.5) is 10.2 Å². The van der Waals surface area contributed by atoms with Crippen LogP contribution in [0.1, 0.15) is 19.3 Å². The second kappa shape index (κ2) is 13.0. The van der Waals surface area contributed by atoms with Crippen molar-refractivity contribution >= 4 is 23.5 Å². The molecule has 0 aliphatic carbocycles. The number of aromatic nitrogens is 1. The Morgan fingerprint density at radius 3 is 2.44 bits per heavy atom. The molecule has 0 amide bonds. The third kappa shape index (κ3) is 9.28. The number of benzene rings is 1. The maximum absolute atomic E-state index is 12.9. The van der Waals surface area contributed by atoms with E-state index in [1.54, 1.807) is 25.0 Å². The van der Waals surface area contributed by atoms with Crippen LogP contribution in [-0.4, -0.2) is 43.4 Å². The molecule has 0 atom stereocenters. The smallest absolute Gasteiger partial charge is 0.190 e. The molecular formula is C20H28FN5S. The number of anilines is 1. The molecule has 0 aliphatic heterocycles. The number of halogens is 1. The molecule has 2 rings (SSSR count). The van der Waals surface area contributed by atoms with Gasteiger partial charge in [-0.1, -0.05) is 6.07 Å². The molecule has 1 heterocycles. The van der Waals surface area contributed by atoms with Crippen molar-refractivity contribution < 1.29 is 4.39 Å². The van der Waals surface area contributed by atoms with Gasteiger partial charge in [-0.15, -0.1) is 11.8 Å². The predicted molar refractivity (Wildman–Crippen MR) is 113 cm³/mol. The number of hydrogen-bond donors (Lipinski definition) is 3. The number of nitrogens with one attached hydrogen (secondary N) is 3. The van der Waals surface area contributed by atoms with Crippen molar-refractivity contribution in [2.24, 2.45) is 4.99 Å². The van der Waals surface area contributed by atoms with Gasteiger partial charge in [-0.2, -0.15) is 0 Å². The summed E-state index contributed by atoms with van der Waals surface area (Å²) in [4.78, 5) is 9.57. The van der Waals surface area contributed by atoms with Crippen molar-refractivity contribution in [1.29, 1.82) is 0 Å². The lowest BCUT2D eigenvalue weighted by Gasteiger charge is -2.12. The largest absolute Gasteiger partial charge is 0.370 e. The second-order valence-electron chi connectivity index (χ2n) is 5.93. The van der Waals surface area contributed by atoms with Gasteiger partial charge in [0.1, 0.15) is 11.6 Å². The molecule has 2 aromatic rings. The van der Waals surface area contributed by atoms with Crippen LogP contribution in [0.3, 0.4) is 0 Å². The van der Waals surface area contributed by atoms with E-state index in [0.717, 1.165) is 61.3 Å². The van der Waals surface area contributed by atoms with Crippen molar-refractivity contribution in [2.75, 3.05) is 37.8 Å². The zero-order chi connectivity index (χ0) is 19.2. The summed E-state index contributed by atoms with van der Waals surface area (Å²) < 4.78 is 12.9. The van der Waals surface area contributed by atoms with Gasteiger partial charge < -0.3 is 16.0 Å². The second-order valence-corrected chi connectivity index (χ2v) is 7.10. The summed E-state index contributed by atoms with van der Waals surface area (Å²) in [5, 5.41) is 9.96. The SMILES string of the molecule is CN=C(NCCCCNc1ccccn1)NCCCSc1ccc(F)cc1. The van der Waals surface area contributed by atoms with Crippen LogP contribution < -0.4 is 16.0 Å². The van der Waals surface area contributed by atoms with Crippen molar-refractivity contribution in [3.63, 3.8) is 0 Å². The van der Waals surface area contributed by atoms with Crippen LogP contribution in [0.5, 0.6) is 0 Å². The molecule has 3 N–H and O–H groups in total. The van der Waals surface area contributed by atoms with Crippen LogP contribution in [0.25, 0.3) is 0 Å². The Morgan fingerprint density at radius 2 is 1.74 bits per heavy atom. The quantitative estimate of drug-likeness (QED) is 0.236. The number of aliphatic imine (C=N–C) groups is 1. The number of pyridine rings is 1. The minimum Gasteiger partial charge on any atom is -0.370 e. The lowest BCUT2D eigenvalue weighted by atomic mass is 10.3. The summed E-state index contributed by atoms with van der Waals surface area (Å²) in [6.07, 6.45) is 4.92. The zero-order valence-electron chi connectivity index (χ0n) is 15.7. The molecular weight excluding hydrogens is 361 g/mol. The first kappa shape index (κ1) is 21.0. The number of rotatable bonds is 11. The van der Waals surface area contributed by atoms with E-state index in [9.17, 15) is 4.39 Å². The van der Waals surface area contributed by atoms with Gasteiger partial charge in [-0.3, -0.25) is 4.99 Å². The summed E-state index contributed by atoms with van der Waals surface area (Å²) in [5.41, 5.74) is 0. The number of nitrogens with zero attached hydrogens (tertiary/aromatic N) is 2. The van der Waals surface area contributed by atoms with E-state index in [2.05, 4.69) is 25.9 Å². The standard InChI is InChI=1S/C20H28FN5S/c1-22-20(25-14-5-4-13-24-19-7-2-3-12-23-19)26-15-6-16-27-18-10-8-17(21)9-11-18/h2-3,7-12H,4-6,13-16H2,1H3,(H,23,24)(H2,22,25,26). The highest BCUT2D eigenvalue weighted by Gasteiger charge is 1.99. The number of thioether (sulfide) groups is 1. The fraction of sp³-hybridized carbons (Fsp3) is 0.400. The summed E-state index contributed by atoms with van der Waals surface area (Å²) >= 11 is 1.73. The number of hydrogen-bond acceptors (Lipinski definition) is 4. The van der Waals surface area contributed by atoms with Crippen LogP contribution in [-0.2, 0) is 0 Å². The van der Waals surface area contributed by atoms with Crippen LogP contribution >= 0.6 is 11.8 Å². The first-order chi connectivity index (χ1) is 13.3. The average Bonchev–Trinajstić information content (AvgIpc) is 2.71. The van der Waals surface area contributed by atoms with Crippen molar-refractivity contribution in [2.45, 2.75) is 24.2 Å². The maximum Gasteiger partial charge on any atom is 0.190 e. The fourth-order valence-corrected chi connectivity index (χ4v) is 3.21. The molecule has 1 aromatic carbocycles. The van der Waals surface area contributed by atoms with Crippen molar-refractivity contribution in [3.8, 4) is 0 Å². The molecule has 146 valence electrons. The first-order valence-corrected chi connectivity index (χ1v) is 10.2. The Labute approximate surface area is 165 Å². The van der Waals surface area contributed by atoms with Gasteiger partial charge in [0.05, 0.1) is 0 Å². The van der Waals surface area contributed by atoms with Gasteiger partial charge in [-0.25, -0.2) is 9.37 Å². The molecule has 7 heteroatoms. The van der Waals surface area contributed by atoms with E-state index in [4.69, 9.17) is 0 Å². The van der Waals surface area contributed by atoms with Gasteiger partial charge >= 0.3 is 0 Å². The topological polar surface area (TPSA) is 61.3 Å². The Kier molecular flexibility index (Phi) is 10.1. The first-order valence-electron chi connectivity index (χ1n) is 9.26. The maximum atomic E-state index is 12.9. The summed E-state index contributed by atoms with van der Waals surface area (Å²) in [6.45, 7) is 2.65. The third-order valence-corrected chi connectivity index (χ3v) is 4.88. The lowest BCUT2D eigenvalue weighted by molar-refractivity contribution is 0.626. The molecule has 5 nitrogen and oxygen atoms in total. The monoisotopic (exact) mass is 389 g/mol. The predicted octanol–water partition coefficient (Wildman–Crippen LogP) is 3.76. The summed E-state index contributed by atoms with van der Waals surface area (Å²) in [5.74, 6) is 2.54. The molecule has 1 aromatic heterocycles. The molecule has 0 spiro atoms. The van der Waals surface area contributed by atoms with Crippen LogP contribution in [0.2, 0.25) is 0 Å². The van der Waals surface area contributed by atoms with E-state index in [1.807, 2.05) is 30.3 Å². The highest BCUT2D eigenvalue weighted by molar-refractivity contribution is 7.99. The highest BCUT2D eigenvalue weighted by Crippen LogP contribution is 2.18. The third-order valence-electron chi connectivity index (χ3n) is 3.79. The Balaban J connectivity index is 1.47. The summed E-state index contributed by atoms with van der Waals surface area (Å²) in [6, 6.07) is 12.5. The highest BCUT2D eigenvalue weighted by atomic mass is 32.2. The normalized spacial score (nSPS) is 11.3. The van der Waals surface area contributed by atoms with Gasteiger partial charge in [0.2, 0.25) is 0 Å². The number of guanidine groups is 1. The van der Waals surface area contributed by atoms with Gasteiger partial charge in [-0.05, 0) is 61.4 Å². The molecule has 0 bridgehead atoms. The molecule has 0 saturated heterocycles. The molecule has 0 radical (unpaired) electrons. The van der Waals surface area contributed by atoms with E-state index in [1.165, 1.54) is 12.1 Å². The van der Waals surface area contributed by atoms with Gasteiger partial charge in [0.15, 0.2) is 5.96 Å². The molecule has 0 unspecified atom stereocenters. The van der Waals surface area contributed by atoms with Crippen LogP contribution in [0.15, 0.2) is 58.5 Å². The molecule has 0 saturated carbocycles. The number of unbranched alkanes of at least 4 members (excludes halogenated alkanes) is 1.